The Morgan fingerprint density at radius 2 is 1.15 bits per heavy atom. The second-order valence-corrected chi connectivity index (χ2v) is 18.6. The lowest BCUT2D eigenvalue weighted by atomic mass is 10.0. The van der Waals surface area contributed by atoms with Crippen LogP contribution >= 0.6 is 0 Å². The number of ether oxygens (including phenoxy) is 3. The van der Waals surface area contributed by atoms with E-state index >= 15 is 0 Å². The smallest absolute Gasteiger partial charge is 0.309 e. The molecule has 3 rings (SSSR count). The van der Waals surface area contributed by atoms with Crippen molar-refractivity contribution in [3.05, 3.63) is 96.6 Å². The van der Waals surface area contributed by atoms with Crippen molar-refractivity contribution in [1.82, 2.24) is 0 Å². The van der Waals surface area contributed by atoms with E-state index in [0.29, 0.717) is 6.42 Å². The quantitative estimate of drug-likeness (QED) is 0.0838. The van der Waals surface area contributed by atoms with Crippen LogP contribution in [0.3, 0.4) is 0 Å². The Morgan fingerprint density at radius 3 is 1.62 bits per heavy atom. The van der Waals surface area contributed by atoms with Gasteiger partial charge in [0.15, 0.2) is 0 Å². The van der Waals surface area contributed by atoms with Crippen LogP contribution in [-0.2, 0) is 39.6 Å². The highest BCUT2D eigenvalue weighted by Gasteiger charge is 2.52. The van der Waals surface area contributed by atoms with Crippen molar-refractivity contribution in [3.63, 3.8) is 0 Å². The highest BCUT2D eigenvalue weighted by atomic mass is 28.4. The van der Waals surface area contributed by atoms with Crippen LogP contribution in [0, 0.1) is 11.8 Å². The summed E-state index contributed by atoms with van der Waals surface area (Å²) in [4.78, 5) is 38.9. The molecule has 0 aliphatic carbocycles. The van der Waals surface area contributed by atoms with Crippen LogP contribution in [-0.4, -0.2) is 44.5 Å². The molecule has 260 valence electrons. The predicted molar refractivity (Wildman–Crippen MR) is 192 cm³/mol. The summed E-state index contributed by atoms with van der Waals surface area (Å²) in [6, 6.07) is 30.1. The minimum absolute atomic E-state index is 0.0258. The lowest BCUT2D eigenvalue weighted by Gasteiger charge is -2.45. The number of rotatable bonds is 17. The van der Waals surface area contributed by atoms with E-state index in [1.54, 1.807) is 6.92 Å². The van der Waals surface area contributed by atoms with Crippen LogP contribution < -0.4 is 10.4 Å². The Kier molecular flexibility index (Phi) is 14.6. The van der Waals surface area contributed by atoms with Crippen LogP contribution in [0.2, 0.25) is 5.04 Å². The van der Waals surface area contributed by atoms with E-state index in [4.69, 9.17) is 18.6 Å². The topological polar surface area (TPSA) is 88.1 Å². The zero-order valence-corrected chi connectivity index (χ0v) is 30.9. The summed E-state index contributed by atoms with van der Waals surface area (Å²) in [5.41, 5.74) is 0.885. The lowest BCUT2D eigenvalue weighted by Crippen LogP contribution is -2.68. The molecule has 3 aromatic rings. The molecule has 0 saturated heterocycles. The van der Waals surface area contributed by atoms with Crippen LogP contribution in [0.1, 0.15) is 86.6 Å². The van der Waals surface area contributed by atoms with Gasteiger partial charge in [0.25, 0.3) is 8.32 Å². The van der Waals surface area contributed by atoms with Crippen molar-refractivity contribution in [2.75, 3.05) is 0 Å². The van der Waals surface area contributed by atoms with Gasteiger partial charge in [0.1, 0.15) is 18.8 Å². The first-order valence-electron chi connectivity index (χ1n) is 17.1. The largest absolute Gasteiger partial charge is 0.462 e. The van der Waals surface area contributed by atoms with Crippen LogP contribution in [0.25, 0.3) is 0 Å². The van der Waals surface area contributed by atoms with Crippen molar-refractivity contribution in [3.8, 4) is 0 Å². The van der Waals surface area contributed by atoms with Gasteiger partial charge in [-0.25, -0.2) is 0 Å². The average Bonchev–Trinajstić information content (AvgIpc) is 3.02. The fourth-order valence-corrected chi connectivity index (χ4v) is 10.8. The first kappa shape index (κ1) is 38.7. The van der Waals surface area contributed by atoms with Crippen molar-refractivity contribution in [2.24, 2.45) is 11.8 Å². The molecule has 7 nitrogen and oxygen atoms in total. The number of carbonyl (C=O) groups excluding carboxylic acids is 3. The summed E-state index contributed by atoms with van der Waals surface area (Å²) in [7, 11) is -2.90. The van der Waals surface area contributed by atoms with Crippen molar-refractivity contribution >= 4 is 36.6 Å². The maximum atomic E-state index is 13.4. The van der Waals surface area contributed by atoms with E-state index in [0.717, 1.165) is 15.9 Å². The second kappa shape index (κ2) is 18.1. The maximum Gasteiger partial charge on any atom is 0.309 e. The molecule has 0 radical (unpaired) electrons. The summed E-state index contributed by atoms with van der Waals surface area (Å²) in [5, 5.41) is 2.03. The fraction of sp³-hybridized carbons (Fsp3) is 0.475. The number of hydrogen-bond donors (Lipinski definition) is 0. The van der Waals surface area contributed by atoms with Gasteiger partial charge < -0.3 is 18.6 Å². The number of esters is 3. The second-order valence-electron chi connectivity index (χ2n) is 14.4. The van der Waals surface area contributed by atoms with Crippen LogP contribution in [0.15, 0.2) is 91.0 Å². The summed E-state index contributed by atoms with van der Waals surface area (Å²) in [5.74, 6) is -1.17. The van der Waals surface area contributed by atoms with Gasteiger partial charge in [-0.3, -0.25) is 14.4 Å². The van der Waals surface area contributed by atoms with Gasteiger partial charge in [-0.05, 0) is 46.2 Å². The third-order valence-corrected chi connectivity index (χ3v) is 13.4. The summed E-state index contributed by atoms with van der Waals surface area (Å²) < 4.78 is 24.1. The molecule has 0 N–H and O–H groups in total. The fourth-order valence-electron chi connectivity index (χ4n) is 5.96. The van der Waals surface area contributed by atoms with Gasteiger partial charge in [-0.2, -0.15) is 0 Å². The minimum Gasteiger partial charge on any atom is -0.462 e. The Hall–Kier alpha value is -3.75. The summed E-state index contributed by atoms with van der Waals surface area (Å²) >= 11 is 0. The maximum absolute atomic E-state index is 13.4. The van der Waals surface area contributed by atoms with Crippen molar-refractivity contribution in [1.29, 1.82) is 0 Å². The zero-order valence-electron chi connectivity index (χ0n) is 29.9. The molecular formula is C40H54O7Si. The minimum atomic E-state index is -2.90. The van der Waals surface area contributed by atoms with Crippen LogP contribution in [0.5, 0.6) is 0 Å². The Balaban J connectivity index is 1.65. The standard InChI is InChI=1S/C40H54O7Si/c1-29(2)24-33(26-37(41)44-28-32-18-12-9-13-19-32)46-38(42)25-31(5)45-39(43)27-36(30(3)4)47-48(40(6,7)8,34-20-14-10-15-21-34)35-22-16-11-17-23-35/h9-23,29-31,33,36H,24-28H2,1-8H3/t31-,33-,36+/m1/s1. The van der Waals surface area contributed by atoms with Crippen molar-refractivity contribution < 1.29 is 33.0 Å². The molecule has 0 aliphatic heterocycles. The molecule has 0 saturated carbocycles. The predicted octanol–water partition coefficient (Wildman–Crippen LogP) is 7.39. The zero-order chi connectivity index (χ0) is 35.3. The molecule has 3 atom stereocenters. The summed E-state index contributed by atoms with van der Waals surface area (Å²) in [6.45, 7) is 16.6. The molecule has 8 heteroatoms. The Labute approximate surface area is 288 Å². The SMILES string of the molecule is CC(C)C[C@H](CC(=O)OCc1ccccc1)OC(=O)C[C@@H](C)OC(=O)C[C@H](O[Si](c1ccccc1)(c1ccccc1)C(C)(C)C)C(C)C. The van der Waals surface area contributed by atoms with E-state index in [-0.39, 0.29) is 42.7 Å². The Bertz CT molecular complexity index is 1380. The Morgan fingerprint density at radius 1 is 0.646 bits per heavy atom. The van der Waals surface area contributed by atoms with E-state index in [1.807, 2.05) is 80.6 Å². The van der Waals surface area contributed by atoms with Gasteiger partial charge in [0, 0.05) is 0 Å². The van der Waals surface area contributed by atoms with E-state index in [1.165, 1.54) is 0 Å². The molecule has 48 heavy (non-hydrogen) atoms. The molecule has 0 amide bonds. The van der Waals surface area contributed by atoms with Crippen molar-refractivity contribution in [2.45, 2.75) is 111 Å². The number of hydrogen-bond acceptors (Lipinski definition) is 7. The van der Waals surface area contributed by atoms with Gasteiger partial charge in [0.2, 0.25) is 0 Å². The third kappa shape index (κ3) is 11.4. The molecule has 0 aliphatic rings. The third-order valence-electron chi connectivity index (χ3n) is 8.31. The monoisotopic (exact) mass is 674 g/mol. The van der Waals surface area contributed by atoms with Crippen LogP contribution in [0.4, 0.5) is 0 Å². The molecule has 0 unspecified atom stereocenters. The first-order chi connectivity index (χ1) is 22.7. The van der Waals surface area contributed by atoms with E-state index < -0.39 is 44.5 Å². The van der Waals surface area contributed by atoms with Gasteiger partial charge in [-0.1, -0.05) is 139 Å². The number of benzene rings is 3. The first-order valence-corrected chi connectivity index (χ1v) is 19.0. The van der Waals surface area contributed by atoms with Gasteiger partial charge >= 0.3 is 17.9 Å². The van der Waals surface area contributed by atoms with E-state index in [9.17, 15) is 14.4 Å². The molecule has 0 fully saturated rings. The summed E-state index contributed by atoms with van der Waals surface area (Å²) in [6.07, 6.45) is -1.37. The van der Waals surface area contributed by atoms with Gasteiger partial charge in [0.05, 0.1) is 25.4 Å². The highest BCUT2D eigenvalue weighted by molar-refractivity contribution is 6.99. The molecule has 0 aromatic heterocycles. The van der Waals surface area contributed by atoms with Gasteiger partial charge in [-0.15, -0.1) is 0 Å². The molecular weight excluding hydrogens is 621 g/mol. The molecule has 0 spiro atoms. The lowest BCUT2D eigenvalue weighted by molar-refractivity contribution is -0.160. The normalized spacial score (nSPS) is 13.9. The molecule has 0 bridgehead atoms. The van der Waals surface area contributed by atoms with E-state index in [2.05, 4.69) is 58.9 Å². The molecule has 3 aromatic carbocycles. The highest BCUT2D eigenvalue weighted by Crippen LogP contribution is 2.38. The average molecular weight is 675 g/mol. The molecule has 0 heterocycles. The number of carbonyl (C=O) groups is 3.